The first-order valence-electron chi connectivity index (χ1n) is 6.23. The van der Waals surface area contributed by atoms with Gasteiger partial charge in [0.05, 0.1) is 11.5 Å². The largest absolute Gasteiger partial charge is 0.383 e. The Labute approximate surface area is 131 Å². The Morgan fingerprint density at radius 1 is 1.14 bits per heavy atom. The molecular weight excluding hydrogens is 316 g/mol. The maximum Gasteiger partial charge on any atom is 0.251 e. The number of ether oxygens (including phenoxy) is 1. The highest BCUT2D eigenvalue weighted by Crippen LogP contribution is 2.10. The van der Waals surface area contributed by atoms with Crippen LogP contribution in [-0.4, -0.2) is 53.9 Å². The molecule has 1 amide bonds. The van der Waals surface area contributed by atoms with Crippen molar-refractivity contribution in [3.05, 3.63) is 29.8 Å². The third-order valence-electron chi connectivity index (χ3n) is 2.61. The first-order chi connectivity index (χ1) is 9.45. The van der Waals surface area contributed by atoms with Crippen molar-refractivity contribution in [3.63, 3.8) is 0 Å². The van der Waals surface area contributed by atoms with Gasteiger partial charge in [-0.2, -0.15) is 0 Å². The summed E-state index contributed by atoms with van der Waals surface area (Å²) in [7, 11) is -1.60. The monoisotopic (exact) mass is 336 g/mol. The Morgan fingerprint density at radius 3 is 2.29 bits per heavy atom. The predicted molar refractivity (Wildman–Crippen MR) is 83.9 cm³/mol. The highest BCUT2D eigenvalue weighted by Gasteiger charge is 2.09. The fourth-order valence-electron chi connectivity index (χ4n) is 1.52. The summed E-state index contributed by atoms with van der Waals surface area (Å²) in [6.45, 7) is 2.50. The summed E-state index contributed by atoms with van der Waals surface area (Å²) in [6, 6.07) is 5.87. The van der Waals surface area contributed by atoms with E-state index in [2.05, 4.69) is 10.6 Å². The molecule has 1 aromatic rings. The lowest BCUT2D eigenvalue weighted by Crippen LogP contribution is -2.33. The van der Waals surface area contributed by atoms with E-state index in [1.54, 1.807) is 7.11 Å². The number of carbonyl (C=O) groups excluding carboxylic acids is 1. The van der Waals surface area contributed by atoms with E-state index in [9.17, 15) is 13.2 Å². The zero-order valence-electron chi connectivity index (χ0n) is 12.1. The molecule has 1 rings (SSSR count). The Morgan fingerprint density at radius 2 is 1.76 bits per heavy atom. The number of sulfone groups is 1. The van der Waals surface area contributed by atoms with E-state index in [0.29, 0.717) is 25.3 Å². The summed E-state index contributed by atoms with van der Waals surface area (Å²) >= 11 is 0. The molecule has 120 valence electrons. The Balaban J connectivity index is 0.00000400. The number of rotatable bonds is 8. The smallest absolute Gasteiger partial charge is 0.251 e. The van der Waals surface area contributed by atoms with Crippen LogP contribution in [0.5, 0.6) is 0 Å². The molecule has 0 unspecified atom stereocenters. The summed E-state index contributed by atoms with van der Waals surface area (Å²) in [5.74, 6) is -0.224. The van der Waals surface area contributed by atoms with Gasteiger partial charge in [0, 0.05) is 38.6 Å². The van der Waals surface area contributed by atoms with Gasteiger partial charge in [0.2, 0.25) is 0 Å². The number of hydrogen-bond acceptors (Lipinski definition) is 5. The summed E-state index contributed by atoms with van der Waals surface area (Å²) in [5.41, 5.74) is 0.439. The molecule has 0 spiro atoms. The molecule has 0 heterocycles. The molecule has 0 saturated heterocycles. The molecular formula is C13H21ClN2O4S. The number of amides is 1. The van der Waals surface area contributed by atoms with Crippen molar-refractivity contribution in [3.8, 4) is 0 Å². The van der Waals surface area contributed by atoms with Crippen LogP contribution >= 0.6 is 12.4 Å². The normalized spacial score (nSPS) is 10.8. The molecule has 0 radical (unpaired) electrons. The molecule has 0 aliphatic rings. The van der Waals surface area contributed by atoms with Crippen LogP contribution < -0.4 is 10.6 Å². The fraction of sp³-hybridized carbons (Fsp3) is 0.462. The topological polar surface area (TPSA) is 84.5 Å². The highest BCUT2D eigenvalue weighted by atomic mass is 35.5. The molecule has 0 bridgehead atoms. The summed E-state index contributed by atoms with van der Waals surface area (Å²) < 4.78 is 27.5. The Kier molecular flexibility index (Phi) is 9.19. The quantitative estimate of drug-likeness (QED) is 0.674. The van der Waals surface area contributed by atoms with Gasteiger partial charge >= 0.3 is 0 Å². The zero-order chi connectivity index (χ0) is 15.0. The van der Waals surface area contributed by atoms with Crippen molar-refractivity contribution in [1.29, 1.82) is 0 Å². The van der Waals surface area contributed by atoms with Crippen molar-refractivity contribution in [2.45, 2.75) is 4.90 Å². The Hall–Kier alpha value is -1.15. The molecule has 0 aliphatic heterocycles. The van der Waals surface area contributed by atoms with Crippen LogP contribution in [0.1, 0.15) is 10.4 Å². The molecule has 0 atom stereocenters. The second-order valence-electron chi connectivity index (χ2n) is 4.30. The number of carbonyl (C=O) groups is 1. The van der Waals surface area contributed by atoms with Crippen molar-refractivity contribution < 1.29 is 17.9 Å². The maximum absolute atomic E-state index is 11.8. The van der Waals surface area contributed by atoms with Gasteiger partial charge in [-0.05, 0) is 24.3 Å². The van der Waals surface area contributed by atoms with Crippen LogP contribution in [0, 0.1) is 0 Å². The van der Waals surface area contributed by atoms with Gasteiger partial charge in [-0.15, -0.1) is 12.4 Å². The molecule has 0 fully saturated rings. The SMILES string of the molecule is COCCNCCNC(=O)c1ccc(S(C)(=O)=O)cc1.Cl. The number of hydrogen-bond donors (Lipinski definition) is 2. The van der Waals surface area contributed by atoms with Crippen molar-refractivity contribution in [2.75, 3.05) is 39.6 Å². The van der Waals surface area contributed by atoms with Crippen LogP contribution in [0.2, 0.25) is 0 Å². The maximum atomic E-state index is 11.8. The van der Waals surface area contributed by atoms with E-state index < -0.39 is 9.84 Å². The van der Waals surface area contributed by atoms with E-state index in [1.807, 2.05) is 0 Å². The van der Waals surface area contributed by atoms with E-state index in [4.69, 9.17) is 4.74 Å². The third-order valence-corrected chi connectivity index (χ3v) is 3.74. The molecule has 6 nitrogen and oxygen atoms in total. The zero-order valence-corrected chi connectivity index (χ0v) is 13.7. The highest BCUT2D eigenvalue weighted by molar-refractivity contribution is 7.90. The van der Waals surface area contributed by atoms with Crippen molar-refractivity contribution in [2.24, 2.45) is 0 Å². The molecule has 8 heteroatoms. The van der Waals surface area contributed by atoms with Gasteiger partial charge in [0.1, 0.15) is 0 Å². The molecule has 0 saturated carbocycles. The summed E-state index contributed by atoms with van der Waals surface area (Å²) in [4.78, 5) is 12.0. The van der Waals surface area contributed by atoms with Gasteiger partial charge in [-0.1, -0.05) is 0 Å². The van der Waals surface area contributed by atoms with Crippen LogP contribution in [-0.2, 0) is 14.6 Å². The molecule has 0 aromatic heterocycles. The van der Waals surface area contributed by atoms with Crippen molar-refractivity contribution in [1.82, 2.24) is 10.6 Å². The standard InChI is InChI=1S/C13H20N2O4S.ClH/c1-19-10-9-14-7-8-15-13(16)11-3-5-12(6-4-11)20(2,17)18;/h3-6,14H,7-10H2,1-2H3,(H,15,16);1H. The van der Waals surface area contributed by atoms with E-state index in [-0.39, 0.29) is 23.2 Å². The van der Waals surface area contributed by atoms with E-state index in [1.165, 1.54) is 24.3 Å². The predicted octanol–water partition coefficient (Wildman–Crippen LogP) is 0.478. The van der Waals surface area contributed by atoms with Gasteiger partial charge in [-0.25, -0.2) is 8.42 Å². The molecule has 2 N–H and O–H groups in total. The van der Waals surface area contributed by atoms with Gasteiger partial charge in [0.25, 0.3) is 5.91 Å². The van der Waals surface area contributed by atoms with Crippen molar-refractivity contribution >= 4 is 28.2 Å². The first kappa shape index (κ1) is 19.9. The van der Waals surface area contributed by atoms with Gasteiger partial charge < -0.3 is 15.4 Å². The third kappa shape index (κ3) is 7.42. The number of benzene rings is 1. The number of halogens is 1. The second-order valence-corrected chi connectivity index (χ2v) is 6.31. The second kappa shape index (κ2) is 9.73. The lowest BCUT2D eigenvalue weighted by Gasteiger charge is -2.07. The average Bonchev–Trinajstić information content (AvgIpc) is 2.41. The number of methoxy groups -OCH3 is 1. The first-order valence-corrected chi connectivity index (χ1v) is 8.12. The van der Waals surface area contributed by atoms with Gasteiger partial charge in [-0.3, -0.25) is 4.79 Å². The molecule has 0 aliphatic carbocycles. The Bertz CT molecular complexity index is 532. The summed E-state index contributed by atoms with van der Waals surface area (Å²) in [5, 5.41) is 5.85. The van der Waals surface area contributed by atoms with Crippen LogP contribution in [0.3, 0.4) is 0 Å². The minimum atomic E-state index is -3.23. The van der Waals surface area contributed by atoms with Crippen LogP contribution in [0.4, 0.5) is 0 Å². The molecule has 21 heavy (non-hydrogen) atoms. The van der Waals surface area contributed by atoms with Gasteiger partial charge in [0.15, 0.2) is 9.84 Å². The fourth-order valence-corrected chi connectivity index (χ4v) is 2.15. The minimum Gasteiger partial charge on any atom is -0.383 e. The minimum absolute atomic E-state index is 0. The summed E-state index contributed by atoms with van der Waals surface area (Å²) in [6.07, 6.45) is 1.13. The average molecular weight is 337 g/mol. The van der Waals surface area contributed by atoms with E-state index in [0.717, 1.165) is 12.8 Å². The van der Waals surface area contributed by atoms with Crippen LogP contribution in [0.25, 0.3) is 0 Å². The van der Waals surface area contributed by atoms with Crippen LogP contribution in [0.15, 0.2) is 29.2 Å². The number of nitrogens with one attached hydrogen (secondary N) is 2. The lowest BCUT2D eigenvalue weighted by atomic mass is 10.2. The lowest BCUT2D eigenvalue weighted by molar-refractivity contribution is 0.0953. The molecule has 1 aromatic carbocycles. The van der Waals surface area contributed by atoms with E-state index >= 15 is 0 Å².